The fourth-order valence-corrected chi connectivity index (χ4v) is 3.24. The first-order chi connectivity index (χ1) is 13.5. The first-order valence-electron chi connectivity index (χ1n) is 9.48. The zero-order valence-corrected chi connectivity index (χ0v) is 16.4. The minimum atomic E-state index is -0.0810. The van der Waals surface area contributed by atoms with Crippen molar-refractivity contribution in [1.29, 1.82) is 0 Å². The number of benzene rings is 2. The van der Waals surface area contributed by atoms with E-state index in [9.17, 15) is 10.2 Å². The Labute approximate surface area is 165 Å². The van der Waals surface area contributed by atoms with Crippen molar-refractivity contribution in [1.82, 2.24) is 10.3 Å². The number of hydrogen-bond acceptors (Lipinski definition) is 6. The van der Waals surface area contributed by atoms with Crippen LogP contribution in [0.3, 0.4) is 0 Å². The molecule has 1 fully saturated rings. The first kappa shape index (κ1) is 20.1. The summed E-state index contributed by atoms with van der Waals surface area (Å²) in [5, 5.41) is 20.3. The number of ether oxygens (including phenoxy) is 1. The van der Waals surface area contributed by atoms with Gasteiger partial charge in [0.2, 0.25) is 0 Å². The van der Waals surface area contributed by atoms with Crippen LogP contribution in [0.2, 0.25) is 0 Å². The Morgan fingerprint density at radius 3 is 2.43 bits per heavy atom. The van der Waals surface area contributed by atoms with Gasteiger partial charge in [-0.2, -0.15) is 0 Å². The summed E-state index contributed by atoms with van der Waals surface area (Å²) in [7, 11) is 0. The van der Waals surface area contributed by atoms with Crippen molar-refractivity contribution < 1.29 is 14.9 Å². The number of nitrogens with two attached hydrogens (primary N) is 1. The van der Waals surface area contributed by atoms with E-state index in [0.717, 1.165) is 44.1 Å². The highest BCUT2D eigenvalue weighted by atomic mass is 16.5. The number of aliphatic imine (C=N–C) groups is 1. The van der Waals surface area contributed by atoms with Gasteiger partial charge in [0.05, 0.1) is 24.5 Å². The molecule has 2 aromatic carbocycles. The van der Waals surface area contributed by atoms with Gasteiger partial charge in [0.25, 0.3) is 0 Å². The van der Waals surface area contributed by atoms with E-state index in [1.54, 1.807) is 6.07 Å². The van der Waals surface area contributed by atoms with E-state index in [1.807, 2.05) is 38.1 Å². The van der Waals surface area contributed by atoms with Gasteiger partial charge < -0.3 is 20.4 Å². The second-order valence-electron chi connectivity index (χ2n) is 7.24. The third kappa shape index (κ3) is 4.81. The molecule has 1 aliphatic heterocycles. The van der Waals surface area contributed by atoms with Crippen LogP contribution in [-0.4, -0.2) is 47.3 Å². The summed E-state index contributed by atoms with van der Waals surface area (Å²) < 4.78 is 5.38. The monoisotopic (exact) mass is 384 g/mol. The number of nitrogens with zero attached hydrogens (tertiary/aromatic N) is 2. The fourth-order valence-electron chi connectivity index (χ4n) is 3.24. The largest absolute Gasteiger partial charge is 0.508 e. The lowest BCUT2D eigenvalue weighted by molar-refractivity contribution is 0.0342. The van der Waals surface area contributed by atoms with Crippen LogP contribution in [-0.2, 0) is 11.3 Å². The molecule has 1 aliphatic rings. The second kappa shape index (κ2) is 9.05. The zero-order chi connectivity index (χ0) is 20.1. The molecule has 28 heavy (non-hydrogen) atoms. The number of amidine groups is 1. The van der Waals surface area contributed by atoms with E-state index >= 15 is 0 Å². The molecule has 1 heterocycles. The molecule has 0 spiro atoms. The molecule has 0 radical (unpaired) electrons. The van der Waals surface area contributed by atoms with Gasteiger partial charge in [-0.25, -0.2) is 10.8 Å². The Bertz CT molecular complexity index is 828. The number of hydrazine groups is 1. The summed E-state index contributed by atoms with van der Waals surface area (Å²) in [4.78, 5) is 6.89. The second-order valence-corrected chi connectivity index (χ2v) is 7.24. The fraction of sp³-hybridized carbons (Fsp3) is 0.381. The van der Waals surface area contributed by atoms with Gasteiger partial charge in [0.1, 0.15) is 11.5 Å². The van der Waals surface area contributed by atoms with Gasteiger partial charge in [-0.1, -0.05) is 26.0 Å². The summed E-state index contributed by atoms with van der Waals surface area (Å²) in [6.45, 7) is 8.26. The minimum absolute atomic E-state index is 0.0556. The smallest absolute Gasteiger partial charge is 0.151 e. The normalized spacial score (nSPS) is 15.8. The maximum Gasteiger partial charge on any atom is 0.151 e. The molecule has 0 amide bonds. The average molecular weight is 384 g/mol. The van der Waals surface area contributed by atoms with Gasteiger partial charge in [0, 0.05) is 25.7 Å². The van der Waals surface area contributed by atoms with Crippen molar-refractivity contribution in [2.24, 2.45) is 10.8 Å². The number of morpholine rings is 1. The average Bonchev–Trinajstić information content (AvgIpc) is 2.68. The van der Waals surface area contributed by atoms with Crippen LogP contribution < -0.4 is 11.3 Å². The highest BCUT2D eigenvalue weighted by molar-refractivity contribution is 6.02. The topological polar surface area (TPSA) is 103 Å². The molecule has 0 bridgehead atoms. The molecule has 0 atom stereocenters. The third-order valence-electron chi connectivity index (χ3n) is 4.85. The summed E-state index contributed by atoms with van der Waals surface area (Å²) in [6.07, 6.45) is 0. The van der Waals surface area contributed by atoms with E-state index in [-0.39, 0.29) is 17.4 Å². The Hall–Kier alpha value is -2.61. The predicted molar refractivity (Wildman–Crippen MR) is 110 cm³/mol. The summed E-state index contributed by atoms with van der Waals surface area (Å²) in [5.74, 6) is 6.07. The number of hydrogen-bond donors (Lipinski definition) is 4. The quantitative estimate of drug-likeness (QED) is 0.273. The van der Waals surface area contributed by atoms with Crippen molar-refractivity contribution in [3.05, 3.63) is 53.1 Å². The van der Waals surface area contributed by atoms with E-state index in [4.69, 9.17) is 10.6 Å². The number of aromatic hydroxyl groups is 2. The number of phenols is 2. The number of phenolic OH excluding ortho intramolecular Hbond substituents is 2. The van der Waals surface area contributed by atoms with Crippen LogP contribution in [0.4, 0.5) is 5.69 Å². The van der Waals surface area contributed by atoms with Crippen LogP contribution in [0.15, 0.2) is 41.4 Å². The van der Waals surface area contributed by atoms with Crippen molar-refractivity contribution in [3.63, 3.8) is 0 Å². The molecule has 7 nitrogen and oxygen atoms in total. The van der Waals surface area contributed by atoms with Gasteiger partial charge in [-0.15, -0.1) is 0 Å². The van der Waals surface area contributed by atoms with Crippen molar-refractivity contribution in [2.75, 3.05) is 26.3 Å². The number of rotatable bonds is 5. The maximum atomic E-state index is 10.3. The molecule has 0 saturated carbocycles. The minimum Gasteiger partial charge on any atom is -0.508 e. The molecule has 3 rings (SSSR count). The highest BCUT2D eigenvalue weighted by Gasteiger charge is 2.15. The molecular formula is C21H28N4O3. The lowest BCUT2D eigenvalue weighted by Gasteiger charge is -2.26. The zero-order valence-electron chi connectivity index (χ0n) is 16.4. The molecule has 0 unspecified atom stereocenters. The molecule has 2 aromatic rings. The van der Waals surface area contributed by atoms with Crippen molar-refractivity contribution in [3.8, 4) is 11.5 Å². The van der Waals surface area contributed by atoms with Crippen LogP contribution in [0, 0.1) is 0 Å². The third-order valence-corrected chi connectivity index (χ3v) is 4.85. The summed E-state index contributed by atoms with van der Waals surface area (Å²) >= 11 is 0. The lowest BCUT2D eigenvalue weighted by Crippen LogP contribution is -2.35. The van der Waals surface area contributed by atoms with Crippen LogP contribution in [0.25, 0.3) is 0 Å². The molecule has 0 aromatic heterocycles. The maximum absolute atomic E-state index is 10.3. The van der Waals surface area contributed by atoms with Crippen LogP contribution in [0.5, 0.6) is 11.5 Å². The van der Waals surface area contributed by atoms with Crippen molar-refractivity contribution in [2.45, 2.75) is 26.3 Å². The molecule has 5 N–H and O–H groups in total. The van der Waals surface area contributed by atoms with Crippen molar-refractivity contribution >= 4 is 11.5 Å². The van der Waals surface area contributed by atoms with Crippen LogP contribution in [0.1, 0.15) is 36.5 Å². The van der Waals surface area contributed by atoms with Gasteiger partial charge in [-0.05, 0) is 35.2 Å². The Morgan fingerprint density at radius 2 is 1.82 bits per heavy atom. The Balaban J connectivity index is 1.81. The Kier molecular flexibility index (Phi) is 6.51. The molecule has 1 saturated heterocycles. The number of nitrogens with one attached hydrogen (secondary N) is 1. The molecule has 0 aliphatic carbocycles. The van der Waals surface area contributed by atoms with Gasteiger partial charge in [-0.3, -0.25) is 4.90 Å². The van der Waals surface area contributed by atoms with Gasteiger partial charge >= 0.3 is 0 Å². The summed E-state index contributed by atoms with van der Waals surface area (Å²) in [6, 6.07) is 11.0. The molecule has 150 valence electrons. The molecule has 7 heteroatoms. The predicted octanol–water partition coefficient (Wildman–Crippen LogP) is 2.60. The Morgan fingerprint density at radius 1 is 1.14 bits per heavy atom. The van der Waals surface area contributed by atoms with E-state index < -0.39 is 0 Å². The summed E-state index contributed by atoms with van der Waals surface area (Å²) in [5.41, 5.74) is 5.65. The SMILES string of the molecule is CC(C)c1cc(C(=Nc2ccc(CN3CCOCC3)cc2)NN)c(O)cc1O. The van der Waals surface area contributed by atoms with Gasteiger partial charge in [0.15, 0.2) is 5.84 Å². The highest BCUT2D eigenvalue weighted by Crippen LogP contribution is 2.32. The van der Waals surface area contributed by atoms with Crippen LogP contribution >= 0.6 is 0 Å². The standard InChI is InChI=1S/C21H28N4O3/c1-14(2)17-11-18(20(27)12-19(17)26)21(24-22)23-16-5-3-15(4-6-16)13-25-7-9-28-10-8-25/h3-6,11-12,14,26-27H,7-10,13,22H2,1-2H3,(H,23,24). The van der Waals surface area contributed by atoms with E-state index in [1.165, 1.54) is 11.6 Å². The molecular weight excluding hydrogens is 356 g/mol. The van der Waals surface area contributed by atoms with E-state index in [0.29, 0.717) is 11.4 Å². The first-order valence-corrected chi connectivity index (χ1v) is 9.48. The van der Waals surface area contributed by atoms with E-state index in [2.05, 4.69) is 15.3 Å². The lowest BCUT2D eigenvalue weighted by atomic mass is 9.98.